The van der Waals surface area contributed by atoms with Crippen LogP contribution in [0.1, 0.15) is 47.5 Å². The topological polar surface area (TPSA) is 63.5 Å². The minimum Gasteiger partial charge on any atom is -0.464 e. The molecule has 1 heterocycles. The van der Waals surface area contributed by atoms with Crippen LogP contribution in [-0.4, -0.2) is 35.3 Å². The Morgan fingerprint density at radius 2 is 2.06 bits per heavy atom. The van der Waals surface area contributed by atoms with E-state index in [1.165, 1.54) is 25.5 Å². The molecule has 1 aliphatic rings. The van der Waals surface area contributed by atoms with E-state index < -0.39 is 6.10 Å². The fourth-order valence-electron chi connectivity index (χ4n) is 4.05. The first-order valence-corrected chi connectivity index (χ1v) is 11.2. The van der Waals surface area contributed by atoms with Gasteiger partial charge in [0.15, 0.2) is 0 Å². The van der Waals surface area contributed by atoms with Crippen LogP contribution in [0.5, 0.6) is 0 Å². The van der Waals surface area contributed by atoms with E-state index in [1.54, 1.807) is 12.1 Å². The number of rotatable bonds is 9. The molecule has 4 rings (SSSR count). The van der Waals surface area contributed by atoms with E-state index in [0.29, 0.717) is 23.2 Å². The van der Waals surface area contributed by atoms with Crippen LogP contribution in [0.4, 0.5) is 0 Å². The van der Waals surface area contributed by atoms with Gasteiger partial charge in [0.2, 0.25) is 0 Å². The van der Waals surface area contributed by atoms with Crippen LogP contribution in [0.3, 0.4) is 0 Å². The highest BCUT2D eigenvalue weighted by molar-refractivity contribution is 6.30. The van der Waals surface area contributed by atoms with Gasteiger partial charge in [-0.3, -0.25) is 0 Å². The van der Waals surface area contributed by atoms with Crippen LogP contribution in [0.15, 0.2) is 48.5 Å². The summed E-state index contributed by atoms with van der Waals surface area (Å²) in [5.41, 5.74) is 3.69. The Morgan fingerprint density at radius 3 is 2.77 bits per heavy atom. The number of hydrogen-bond donors (Lipinski definition) is 2. The summed E-state index contributed by atoms with van der Waals surface area (Å²) in [5.74, 6) is 0.372. The molecule has 5 nitrogen and oxygen atoms in total. The van der Waals surface area contributed by atoms with Gasteiger partial charge in [-0.1, -0.05) is 29.8 Å². The zero-order valence-corrected chi connectivity index (χ0v) is 18.7. The first-order valence-electron chi connectivity index (χ1n) is 10.8. The number of fused-ring (bicyclic) bond motifs is 1. The SMILES string of the molecule is COC(=O)c1cc2cc(C[C@@H](C)NC[C@@H](O)c3cccc(Cl)c3)ccc2n1CC1CC1. The lowest BCUT2D eigenvalue weighted by atomic mass is 10.0. The van der Waals surface area contributed by atoms with E-state index in [1.807, 2.05) is 18.2 Å². The lowest BCUT2D eigenvalue weighted by molar-refractivity contribution is 0.0588. The first kappa shape index (κ1) is 21.9. The third kappa shape index (κ3) is 5.29. The van der Waals surface area contributed by atoms with Gasteiger partial charge in [0.1, 0.15) is 5.69 Å². The van der Waals surface area contributed by atoms with E-state index in [2.05, 4.69) is 35.0 Å². The molecule has 1 aliphatic carbocycles. The Bertz CT molecular complexity index is 1070. The van der Waals surface area contributed by atoms with Gasteiger partial charge in [-0.05, 0) is 73.6 Å². The molecule has 0 amide bonds. The number of ether oxygens (including phenoxy) is 1. The normalized spacial score (nSPS) is 15.7. The van der Waals surface area contributed by atoms with Crippen molar-refractivity contribution in [1.29, 1.82) is 0 Å². The zero-order valence-electron chi connectivity index (χ0n) is 18.0. The third-order valence-electron chi connectivity index (χ3n) is 5.93. The quantitative estimate of drug-likeness (QED) is 0.471. The van der Waals surface area contributed by atoms with Crippen molar-refractivity contribution in [3.63, 3.8) is 0 Å². The van der Waals surface area contributed by atoms with Gasteiger partial charge in [-0.25, -0.2) is 4.79 Å². The van der Waals surface area contributed by atoms with Gasteiger partial charge in [-0.15, -0.1) is 0 Å². The second-order valence-corrected chi connectivity index (χ2v) is 8.99. The Kier molecular flexibility index (Phi) is 6.65. The fourth-order valence-corrected chi connectivity index (χ4v) is 4.25. The van der Waals surface area contributed by atoms with Crippen molar-refractivity contribution in [3.8, 4) is 0 Å². The molecule has 1 aromatic heterocycles. The monoisotopic (exact) mass is 440 g/mol. The minimum absolute atomic E-state index is 0.180. The largest absolute Gasteiger partial charge is 0.464 e. The molecule has 164 valence electrons. The molecule has 0 bridgehead atoms. The number of nitrogens with zero attached hydrogens (tertiary/aromatic N) is 1. The highest BCUT2D eigenvalue weighted by atomic mass is 35.5. The second kappa shape index (κ2) is 9.43. The average molecular weight is 441 g/mol. The molecule has 1 fully saturated rings. The highest BCUT2D eigenvalue weighted by Gasteiger charge is 2.25. The number of halogens is 1. The molecular weight excluding hydrogens is 412 g/mol. The number of carbonyl (C=O) groups excluding carboxylic acids is 1. The van der Waals surface area contributed by atoms with E-state index in [9.17, 15) is 9.90 Å². The molecular formula is C25H29ClN2O3. The molecule has 3 aromatic rings. The molecule has 31 heavy (non-hydrogen) atoms. The van der Waals surface area contributed by atoms with Crippen molar-refractivity contribution in [2.24, 2.45) is 5.92 Å². The maximum atomic E-state index is 12.3. The molecule has 0 saturated heterocycles. The molecule has 6 heteroatoms. The smallest absolute Gasteiger partial charge is 0.354 e. The van der Waals surface area contributed by atoms with Gasteiger partial charge in [0, 0.05) is 35.1 Å². The number of benzene rings is 2. The summed E-state index contributed by atoms with van der Waals surface area (Å²) in [5, 5.41) is 15.5. The first-order chi connectivity index (χ1) is 14.9. The summed E-state index contributed by atoms with van der Waals surface area (Å²) in [6.45, 7) is 3.42. The van der Waals surface area contributed by atoms with Crippen molar-refractivity contribution >= 4 is 28.5 Å². The maximum absolute atomic E-state index is 12.3. The Balaban J connectivity index is 1.43. The summed E-state index contributed by atoms with van der Waals surface area (Å²) >= 11 is 6.02. The summed E-state index contributed by atoms with van der Waals surface area (Å²) in [4.78, 5) is 12.3. The number of aromatic nitrogens is 1. The van der Waals surface area contributed by atoms with E-state index in [0.717, 1.165) is 29.4 Å². The average Bonchev–Trinajstić information content (AvgIpc) is 3.51. The Labute approximate surface area is 188 Å². The maximum Gasteiger partial charge on any atom is 0.354 e. The molecule has 0 radical (unpaired) electrons. The molecule has 2 aromatic carbocycles. The van der Waals surface area contributed by atoms with E-state index >= 15 is 0 Å². The molecule has 1 saturated carbocycles. The fraction of sp³-hybridized carbons (Fsp3) is 0.400. The van der Waals surface area contributed by atoms with Crippen molar-refractivity contribution in [2.45, 2.75) is 44.9 Å². The molecule has 2 N–H and O–H groups in total. The van der Waals surface area contributed by atoms with Crippen molar-refractivity contribution in [3.05, 3.63) is 70.4 Å². The van der Waals surface area contributed by atoms with E-state index in [-0.39, 0.29) is 12.0 Å². The lowest BCUT2D eigenvalue weighted by Crippen LogP contribution is -2.32. The van der Waals surface area contributed by atoms with Gasteiger partial charge in [-0.2, -0.15) is 0 Å². The third-order valence-corrected chi connectivity index (χ3v) is 6.17. The molecule has 2 atom stereocenters. The Morgan fingerprint density at radius 1 is 1.26 bits per heavy atom. The van der Waals surface area contributed by atoms with Crippen LogP contribution in [0, 0.1) is 5.92 Å². The van der Waals surface area contributed by atoms with Crippen molar-refractivity contribution in [2.75, 3.05) is 13.7 Å². The summed E-state index contributed by atoms with van der Waals surface area (Å²) in [7, 11) is 1.43. The standard InChI is InChI=1S/C25H29ClN2O3/c1-16(27-14-24(29)19-4-3-5-21(26)12-19)10-18-8-9-22-20(11-18)13-23(25(30)31-2)28(22)15-17-6-7-17/h3-5,8-9,11-13,16-17,24,27,29H,6-7,10,14-15H2,1-2H3/t16-,24-/m1/s1. The van der Waals surface area contributed by atoms with Gasteiger partial charge in [0.05, 0.1) is 13.2 Å². The summed E-state index contributed by atoms with van der Waals surface area (Å²) < 4.78 is 7.10. The molecule has 0 spiro atoms. The number of aliphatic hydroxyl groups is 1. The summed E-state index contributed by atoms with van der Waals surface area (Å²) in [6, 6.07) is 15.8. The molecule has 0 unspecified atom stereocenters. The number of carbonyl (C=O) groups is 1. The van der Waals surface area contributed by atoms with Crippen LogP contribution < -0.4 is 5.32 Å². The number of nitrogens with one attached hydrogen (secondary N) is 1. The van der Waals surface area contributed by atoms with Crippen molar-refractivity contribution in [1.82, 2.24) is 9.88 Å². The molecule has 0 aliphatic heterocycles. The van der Waals surface area contributed by atoms with Gasteiger partial charge >= 0.3 is 5.97 Å². The van der Waals surface area contributed by atoms with Gasteiger partial charge < -0.3 is 19.7 Å². The summed E-state index contributed by atoms with van der Waals surface area (Å²) in [6.07, 6.45) is 2.66. The minimum atomic E-state index is -0.609. The van der Waals surface area contributed by atoms with Crippen LogP contribution in [0.25, 0.3) is 10.9 Å². The Hall–Kier alpha value is -2.34. The number of aliphatic hydroxyl groups excluding tert-OH is 1. The number of hydrogen-bond acceptors (Lipinski definition) is 4. The zero-order chi connectivity index (χ0) is 22.0. The van der Waals surface area contributed by atoms with Crippen LogP contribution in [0.2, 0.25) is 5.02 Å². The van der Waals surface area contributed by atoms with Crippen LogP contribution in [-0.2, 0) is 17.7 Å². The van der Waals surface area contributed by atoms with Gasteiger partial charge in [0.25, 0.3) is 0 Å². The predicted molar refractivity (Wildman–Crippen MR) is 124 cm³/mol. The lowest BCUT2D eigenvalue weighted by Gasteiger charge is -2.18. The second-order valence-electron chi connectivity index (χ2n) is 8.55. The van der Waals surface area contributed by atoms with E-state index in [4.69, 9.17) is 16.3 Å². The van der Waals surface area contributed by atoms with Crippen molar-refractivity contribution < 1.29 is 14.6 Å². The van der Waals surface area contributed by atoms with Crippen LogP contribution >= 0.6 is 11.6 Å². The number of methoxy groups -OCH3 is 1. The highest BCUT2D eigenvalue weighted by Crippen LogP contribution is 2.33. The number of esters is 1. The predicted octanol–water partition coefficient (Wildman–Crippen LogP) is 4.75.